The van der Waals surface area contributed by atoms with Crippen LogP contribution in [0.15, 0.2) is 6.33 Å². The third kappa shape index (κ3) is 4.92. The number of carbonyl (C=O) groups is 1. The molecule has 1 heterocycles. The normalized spacial score (nSPS) is 14.0. The largest absolute Gasteiger partial charge is 0.460 e. The molecule has 0 aliphatic rings. The Hall–Kier alpha value is -1.43. The number of unbranched alkanes of at least 4 members (excludes halogenated alkanes) is 3. The number of carbonyl (C=O) groups excluding carboxylic acids is 1. The number of aliphatic hydroxyl groups is 1. The molecule has 2 unspecified atom stereocenters. The lowest BCUT2D eigenvalue weighted by Gasteiger charge is -2.19. The van der Waals surface area contributed by atoms with E-state index in [0.717, 1.165) is 19.3 Å². The van der Waals surface area contributed by atoms with Crippen molar-refractivity contribution in [2.45, 2.75) is 65.0 Å². The summed E-state index contributed by atoms with van der Waals surface area (Å²) < 4.78 is 6.43. The van der Waals surface area contributed by atoms with Crippen LogP contribution in [-0.2, 0) is 4.74 Å². The lowest BCUT2D eigenvalue weighted by molar-refractivity contribution is 0.0509. The van der Waals surface area contributed by atoms with E-state index in [1.165, 1.54) is 19.2 Å². The zero-order chi connectivity index (χ0) is 15.0. The quantitative estimate of drug-likeness (QED) is 0.556. The number of esters is 1. The number of aliphatic hydroxyl groups excluding tert-OH is 1. The van der Waals surface area contributed by atoms with Crippen LogP contribution in [0.4, 0.5) is 0 Å². The molecular weight excluding hydrogens is 258 g/mol. The van der Waals surface area contributed by atoms with Gasteiger partial charge < -0.3 is 9.84 Å². The van der Waals surface area contributed by atoms with Crippen LogP contribution in [0.1, 0.15) is 69.5 Å². The zero-order valence-electron chi connectivity index (χ0n) is 12.6. The summed E-state index contributed by atoms with van der Waals surface area (Å²) in [6.45, 7) is 5.93. The summed E-state index contributed by atoms with van der Waals surface area (Å²) in [6.07, 6.45) is 6.31. The van der Waals surface area contributed by atoms with Crippen LogP contribution >= 0.6 is 0 Å². The maximum Gasteiger partial charge on any atom is 0.378 e. The highest BCUT2D eigenvalue weighted by molar-refractivity contribution is 5.84. The molecule has 1 rings (SSSR count). The van der Waals surface area contributed by atoms with Crippen molar-refractivity contribution < 1.29 is 14.6 Å². The number of nitrogens with zero attached hydrogens (tertiary/aromatic N) is 3. The maximum absolute atomic E-state index is 11.5. The molecular formula is C14H25N3O3. The van der Waals surface area contributed by atoms with E-state index in [1.807, 2.05) is 0 Å². The van der Waals surface area contributed by atoms with Gasteiger partial charge in [0.05, 0.1) is 18.8 Å². The zero-order valence-corrected chi connectivity index (χ0v) is 12.6. The molecule has 1 aromatic rings. The second kappa shape index (κ2) is 8.68. The molecule has 0 saturated carbocycles. The summed E-state index contributed by atoms with van der Waals surface area (Å²) in [4.78, 5) is 15.5. The van der Waals surface area contributed by atoms with Gasteiger partial charge in [-0.25, -0.2) is 14.5 Å². The van der Waals surface area contributed by atoms with Gasteiger partial charge in [-0.3, -0.25) is 0 Å². The lowest BCUT2D eigenvalue weighted by Crippen LogP contribution is -2.22. The van der Waals surface area contributed by atoms with Crippen molar-refractivity contribution in [3.05, 3.63) is 12.2 Å². The Morgan fingerprint density at radius 3 is 2.75 bits per heavy atom. The highest BCUT2D eigenvalue weighted by atomic mass is 16.5. The Morgan fingerprint density at radius 2 is 2.15 bits per heavy atom. The van der Waals surface area contributed by atoms with Crippen molar-refractivity contribution in [2.24, 2.45) is 0 Å². The molecule has 1 N–H and O–H groups in total. The van der Waals surface area contributed by atoms with Gasteiger partial charge in [-0.05, 0) is 20.3 Å². The number of ether oxygens (including phenoxy) is 1. The molecule has 0 saturated heterocycles. The first-order valence-electron chi connectivity index (χ1n) is 7.36. The van der Waals surface area contributed by atoms with Gasteiger partial charge in [-0.2, -0.15) is 0 Å². The molecule has 0 amide bonds. The Bertz CT molecular complexity index is 404. The van der Waals surface area contributed by atoms with Crippen LogP contribution in [0.5, 0.6) is 0 Å². The van der Waals surface area contributed by atoms with Crippen LogP contribution < -0.4 is 0 Å². The van der Waals surface area contributed by atoms with Gasteiger partial charge in [0.25, 0.3) is 5.82 Å². The summed E-state index contributed by atoms with van der Waals surface area (Å²) in [5.41, 5.74) is 0. The van der Waals surface area contributed by atoms with Crippen LogP contribution in [0.2, 0.25) is 0 Å². The first kappa shape index (κ1) is 16.6. The molecule has 0 aliphatic carbocycles. The predicted octanol–water partition coefficient (Wildman–Crippen LogP) is 2.35. The summed E-state index contributed by atoms with van der Waals surface area (Å²) in [6, 6.07) is -0.150. The van der Waals surface area contributed by atoms with Gasteiger partial charge in [0.1, 0.15) is 6.33 Å². The van der Waals surface area contributed by atoms with E-state index in [0.29, 0.717) is 6.61 Å². The second-order valence-corrected chi connectivity index (χ2v) is 4.93. The minimum Gasteiger partial charge on any atom is -0.460 e. The highest BCUT2D eigenvalue weighted by Gasteiger charge is 2.20. The highest BCUT2D eigenvalue weighted by Crippen LogP contribution is 2.19. The smallest absolute Gasteiger partial charge is 0.378 e. The minimum absolute atomic E-state index is 0.0473. The van der Waals surface area contributed by atoms with Crippen molar-refractivity contribution in [3.8, 4) is 0 Å². The molecule has 2 atom stereocenters. The summed E-state index contributed by atoms with van der Waals surface area (Å²) >= 11 is 0. The van der Waals surface area contributed by atoms with Gasteiger partial charge in [-0.1, -0.05) is 32.6 Å². The molecule has 0 fully saturated rings. The molecule has 6 nitrogen and oxygen atoms in total. The molecule has 0 aliphatic heterocycles. The predicted molar refractivity (Wildman–Crippen MR) is 75.5 cm³/mol. The average Bonchev–Trinajstić information content (AvgIpc) is 2.88. The number of hydrogen-bond donors (Lipinski definition) is 1. The number of rotatable bonds is 9. The SMILES string of the molecule is CCCCCCC(C(C)O)n1cnc(C(=O)OCC)n1. The monoisotopic (exact) mass is 283 g/mol. The lowest BCUT2D eigenvalue weighted by atomic mass is 10.0. The fourth-order valence-corrected chi connectivity index (χ4v) is 2.10. The van der Waals surface area contributed by atoms with Gasteiger partial charge in [0.2, 0.25) is 0 Å². The van der Waals surface area contributed by atoms with E-state index in [1.54, 1.807) is 18.5 Å². The fourth-order valence-electron chi connectivity index (χ4n) is 2.10. The molecule has 1 aromatic heterocycles. The fraction of sp³-hybridized carbons (Fsp3) is 0.786. The van der Waals surface area contributed by atoms with E-state index in [9.17, 15) is 9.90 Å². The Labute approximate surface area is 120 Å². The molecule has 0 radical (unpaired) electrons. The van der Waals surface area contributed by atoms with Gasteiger partial charge in [-0.15, -0.1) is 5.10 Å². The molecule has 0 aromatic carbocycles. The summed E-state index contributed by atoms with van der Waals surface area (Å²) in [7, 11) is 0. The second-order valence-electron chi connectivity index (χ2n) is 4.93. The molecule has 114 valence electrons. The Kier molecular flexibility index (Phi) is 7.22. The van der Waals surface area contributed by atoms with Crippen LogP contribution in [0, 0.1) is 0 Å². The summed E-state index contributed by atoms with van der Waals surface area (Å²) in [5, 5.41) is 14.0. The van der Waals surface area contributed by atoms with Crippen molar-refractivity contribution in [1.82, 2.24) is 14.8 Å². The summed E-state index contributed by atoms with van der Waals surface area (Å²) in [5.74, 6) is -0.479. The first-order chi connectivity index (χ1) is 9.60. The van der Waals surface area contributed by atoms with Crippen molar-refractivity contribution >= 4 is 5.97 Å². The van der Waals surface area contributed by atoms with Crippen molar-refractivity contribution in [1.29, 1.82) is 0 Å². The first-order valence-corrected chi connectivity index (χ1v) is 7.36. The van der Waals surface area contributed by atoms with Gasteiger partial charge in [0, 0.05) is 0 Å². The maximum atomic E-state index is 11.5. The van der Waals surface area contributed by atoms with Gasteiger partial charge in [0.15, 0.2) is 0 Å². The van der Waals surface area contributed by atoms with Crippen molar-refractivity contribution in [2.75, 3.05) is 6.61 Å². The third-order valence-electron chi connectivity index (χ3n) is 3.22. The van der Waals surface area contributed by atoms with E-state index >= 15 is 0 Å². The molecule has 0 spiro atoms. The number of aromatic nitrogens is 3. The minimum atomic E-state index is -0.534. The molecule has 20 heavy (non-hydrogen) atoms. The third-order valence-corrected chi connectivity index (χ3v) is 3.22. The van der Waals surface area contributed by atoms with E-state index in [4.69, 9.17) is 4.74 Å². The molecule has 6 heteroatoms. The van der Waals surface area contributed by atoms with Gasteiger partial charge >= 0.3 is 5.97 Å². The van der Waals surface area contributed by atoms with E-state index < -0.39 is 12.1 Å². The van der Waals surface area contributed by atoms with Crippen molar-refractivity contribution in [3.63, 3.8) is 0 Å². The van der Waals surface area contributed by atoms with Crippen LogP contribution in [0.3, 0.4) is 0 Å². The average molecular weight is 283 g/mol. The van der Waals surface area contributed by atoms with Crippen LogP contribution in [-0.4, -0.2) is 38.6 Å². The Balaban J connectivity index is 2.65. The molecule has 0 bridgehead atoms. The van der Waals surface area contributed by atoms with Crippen LogP contribution in [0.25, 0.3) is 0 Å². The standard InChI is InChI=1S/C14H25N3O3/c1-4-6-7-8-9-12(11(3)18)17-10-15-13(16-17)14(19)20-5-2/h10-12,18H,4-9H2,1-3H3. The topological polar surface area (TPSA) is 77.2 Å². The number of hydrogen-bond acceptors (Lipinski definition) is 5. The van der Waals surface area contributed by atoms with E-state index in [2.05, 4.69) is 17.0 Å². The Morgan fingerprint density at radius 1 is 1.40 bits per heavy atom. The van der Waals surface area contributed by atoms with E-state index in [-0.39, 0.29) is 11.9 Å².